The van der Waals surface area contributed by atoms with Crippen LogP contribution in [0.2, 0.25) is 0 Å². The molecule has 168 valence electrons. The molecule has 30 heavy (non-hydrogen) atoms. The number of guanidine groups is 1. The summed E-state index contributed by atoms with van der Waals surface area (Å²) in [5.74, 6) is -4.19. The second-order valence-corrected chi connectivity index (χ2v) is 7.31. The molecule has 1 atom stereocenters. The Bertz CT molecular complexity index is 739. The molecule has 2 rings (SSSR count). The standard InChI is InChI=1S/C20H30F3N5O2/c1-4-24-20(25-11-16(13(2)3)28-7-9-30-10-8-28)26-12-17(29)27-15-6-5-14(21)18(22)19(15)23/h5-6,13,16H,4,7-12H2,1-3H3,(H,27,29)(H2,24,25,26). The van der Waals surface area contributed by atoms with Crippen LogP contribution in [0.1, 0.15) is 20.8 Å². The zero-order chi connectivity index (χ0) is 22.1. The molecule has 1 aliphatic rings. The summed E-state index contributed by atoms with van der Waals surface area (Å²) in [4.78, 5) is 18.7. The van der Waals surface area contributed by atoms with Crippen molar-refractivity contribution in [2.24, 2.45) is 10.9 Å². The van der Waals surface area contributed by atoms with Crippen LogP contribution in [0.4, 0.5) is 18.9 Å². The van der Waals surface area contributed by atoms with E-state index in [9.17, 15) is 18.0 Å². The smallest absolute Gasteiger partial charge is 0.246 e. The van der Waals surface area contributed by atoms with Gasteiger partial charge in [-0.3, -0.25) is 9.69 Å². The summed E-state index contributed by atoms with van der Waals surface area (Å²) in [7, 11) is 0. The first-order valence-electron chi connectivity index (χ1n) is 10.1. The Morgan fingerprint density at radius 1 is 1.17 bits per heavy atom. The number of morpholine rings is 1. The first-order valence-corrected chi connectivity index (χ1v) is 10.1. The first-order chi connectivity index (χ1) is 14.3. The molecule has 1 fully saturated rings. The molecule has 1 amide bonds. The number of amides is 1. The molecule has 0 radical (unpaired) electrons. The monoisotopic (exact) mass is 429 g/mol. The van der Waals surface area contributed by atoms with Gasteiger partial charge in [0.05, 0.1) is 18.9 Å². The van der Waals surface area contributed by atoms with Crippen LogP contribution >= 0.6 is 0 Å². The Morgan fingerprint density at radius 3 is 2.50 bits per heavy atom. The van der Waals surface area contributed by atoms with Crippen LogP contribution in [-0.2, 0) is 9.53 Å². The number of aliphatic imine (C=N–C) groups is 1. The molecule has 1 aromatic rings. The van der Waals surface area contributed by atoms with E-state index in [1.54, 1.807) is 0 Å². The minimum Gasteiger partial charge on any atom is -0.379 e. The van der Waals surface area contributed by atoms with Crippen molar-refractivity contribution in [1.29, 1.82) is 0 Å². The summed E-state index contributed by atoms with van der Waals surface area (Å²) in [6.45, 7) is 10.2. The highest BCUT2D eigenvalue weighted by Gasteiger charge is 2.24. The predicted molar refractivity (Wildman–Crippen MR) is 110 cm³/mol. The van der Waals surface area contributed by atoms with Gasteiger partial charge in [0.1, 0.15) is 6.54 Å². The third kappa shape index (κ3) is 6.88. The van der Waals surface area contributed by atoms with Crippen molar-refractivity contribution in [3.05, 3.63) is 29.6 Å². The summed E-state index contributed by atoms with van der Waals surface area (Å²) >= 11 is 0. The number of nitrogens with zero attached hydrogens (tertiary/aromatic N) is 2. The van der Waals surface area contributed by atoms with Gasteiger partial charge in [0, 0.05) is 32.2 Å². The second-order valence-electron chi connectivity index (χ2n) is 7.31. The molecular weight excluding hydrogens is 399 g/mol. The van der Waals surface area contributed by atoms with Gasteiger partial charge in [-0.2, -0.15) is 0 Å². The van der Waals surface area contributed by atoms with Gasteiger partial charge < -0.3 is 20.7 Å². The van der Waals surface area contributed by atoms with Gasteiger partial charge in [0.25, 0.3) is 0 Å². The van der Waals surface area contributed by atoms with Crippen molar-refractivity contribution in [3.63, 3.8) is 0 Å². The fourth-order valence-corrected chi connectivity index (χ4v) is 3.20. The van der Waals surface area contributed by atoms with Crippen LogP contribution in [-0.4, -0.2) is 68.7 Å². The third-order valence-electron chi connectivity index (χ3n) is 4.80. The lowest BCUT2D eigenvalue weighted by Crippen LogP contribution is -2.52. The van der Waals surface area contributed by atoms with Crippen molar-refractivity contribution >= 4 is 17.6 Å². The van der Waals surface area contributed by atoms with Crippen LogP contribution in [0, 0.1) is 23.4 Å². The van der Waals surface area contributed by atoms with Crippen LogP contribution in [0.3, 0.4) is 0 Å². The number of nitrogens with one attached hydrogen (secondary N) is 3. The van der Waals surface area contributed by atoms with Crippen LogP contribution < -0.4 is 16.0 Å². The highest BCUT2D eigenvalue weighted by atomic mass is 19.2. The molecule has 0 aliphatic carbocycles. The summed E-state index contributed by atoms with van der Waals surface area (Å²) in [5.41, 5.74) is -0.431. The maximum absolute atomic E-state index is 13.7. The molecule has 0 aromatic heterocycles. The molecule has 0 spiro atoms. The highest BCUT2D eigenvalue weighted by molar-refractivity contribution is 5.94. The molecule has 1 saturated heterocycles. The normalized spacial score (nSPS) is 16.4. The summed E-state index contributed by atoms with van der Waals surface area (Å²) in [6, 6.07) is 1.98. The van der Waals surface area contributed by atoms with E-state index >= 15 is 0 Å². The maximum Gasteiger partial charge on any atom is 0.246 e. The number of hydrogen-bond acceptors (Lipinski definition) is 4. The van der Waals surface area contributed by atoms with E-state index in [0.717, 1.165) is 25.2 Å². The Balaban J connectivity index is 1.95. The lowest BCUT2D eigenvalue weighted by atomic mass is 10.0. The molecule has 0 bridgehead atoms. The number of ether oxygens (including phenoxy) is 1. The number of benzene rings is 1. The van der Waals surface area contributed by atoms with Crippen LogP contribution in [0.25, 0.3) is 0 Å². The van der Waals surface area contributed by atoms with Crippen molar-refractivity contribution in [3.8, 4) is 0 Å². The van der Waals surface area contributed by atoms with E-state index in [1.807, 2.05) is 6.92 Å². The Labute approximate surface area is 175 Å². The molecular formula is C20H30F3N5O2. The van der Waals surface area contributed by atoms with E-state index in [1.165, 1.54) is 0 Å². The largest absolute Gasteiger partial charge is 0.379 e. The topological polar surface area (TPSA) is 78.0 Å². The first kappa shape index (κ1) is 23.9. The Kier molecular flexibility index (Phi) is 9.38. The summed E-state index contributed by atoms with van der Waals surface area (Å²) < 4.78 is 45.4. The SMILES string of the molecule is CCNC(=NCC(=O)Nc1ccc(F)c(F)c1F)NCC(C(C)C)N1CCOCC1. The Morgan fingerprint density at radius 2 is 1.87 bits per heavy atom. The molecule has 10 heteroatoms. The minimum atomic E-state index is -1.63. The van der Waals surface area contributed by atoms with E-state index in [2.05, 4.69) is 39.7 Å². The summed E-state index contributed by atoms with van der Waals surface area (Å²) in [6.07, 6.45) is 0. The minimum absolute atomic E-state index is 0.267. The average molecular weight is 429 g/mol. The lowest BCUT2D eigenvalue weighted by molar-refractivity contribution is -0.114. The molecule has 1 heterocycles. The molecule has 1 aliphatic heterocycles. The number of halogens is 3. The van der Waals surface area contributed by atoms with Gasteiger partial charge in [-0.1, -0.05) is 13.8 Å². The number of carbonyl (C=O) groups excluding carboxylic acids is 1. The number of hydrogen-bond donors (Lipinski definition) is 3. The fraction of sp³-hybridized carbons (Fsp3) is 0.600. The molecule has 0 saturated carbocycles. The van der Waals surface area contributed by atoms with Crippen LogP contribution in [0.15, 0.2) is 17.1 Å². The fourth-order valence-electron chi connectivity index (χ4n) is 3.20. The lowest BCUT2D eigenvalue weighted by Gasteiger charge is -2.37. The van der Waals surface area contributed by atoms with E-state index in [4.69, 9.17) is 4.74 Å². The molecule has 1 unspecified atom stereocenters. The van der Waals surface area contributed by atoms with Crippen molar-refractivity contribution in [1.82, 2.24) is 15.5 Å². The number of carbonyl (C=O) groups is 1. The second kappa shape index (κ2) is 11.8. The predicted octanol–water partition coefficient (Wildman–Crippen LogP) is 1.95. The van der Waals surface area contributed by atoms with Crippen molar-refractivity contribution in [2.45, 2.75) is 26.8 Å². The van der Waals surface area contributed by atoms with Gasteiger partial charge >= 0.3 is 0 Å². The van der Waals surface area contributed by atoms with Gasteiger partial charge in [-0.25, -0.2) is 18.2 Å². The number of anilines is 1. The average Bonchev–Trinajstić information content (AvgIpc) is 2.73. The van der Waals surface area contributed by atoms with Crippen molar-refractivity contribution < 1.29 is 22.7 Å². The summed E-state index contributed by atoms with van der Waals surface area (Å²) in [5, 5.41) is 8.50. The Hall–Kier alpha value is -2.33. The number of rotatable bonds is 8. The van der Waals surface area contributed by atoms with Crippen LogP contribution in [0.5, 0.6) is 0 Å². The van der Waals surface area contributed by atoms with Gasteiger partial charge in [0.2, 0.25) is 5.91 Å². The van der Waals surface area contributed by atoms with Gasteiger partial charge in [-0.05, 0) is 25.0 Å². The zero-order valence-corrected chi connectivity index (χ0v) is 17.6. The quantitative estimate of drug-likeness (QED) is 0.335. The van der Waals surface area contributed by atoms with Crippen molar-refractivity contribution in [2.75, 3.05) is 51.3 Å². The molecule has 1 aromatic carbocycles. The molecule has 7 nitrogen and oxygen atoms in total. The highest BCUT2D eigenvalue weighted by Crippen LogP contribution is 2.19. The molecule has 3 N–H and O–H groups in total. The van der Waals surface area contributed by atoms with E-state index in [0.29, 0.717) is 38.2 Å². The maximum atomic E-state index is 13.7. The van der Waals surface area contributed by atoms with Gasteiger partial charge in [0.15, 0.2) is 23.4 Å². The van der Waals surface area contributed by atoms with Gasteiger partial charge in [-0.15, -0.1) is 0 Å². The zero-order valence-electron chi connectivity index (χ0n) is 17.6. The van der Waals surface area contributed by atoms with E-state index in [-0.39, 0.29) is 12.6 Å². The third-order valence-corrected chi connectivity index (χ3v) is 4.80. The van der Waals surface area contributed by atoms with E-state index < -0.39 is 29.0 Å².